The monoisotopic (exact) mass is 275 g/mol. The minimum atomic E-state index is -0.0213. The number of anilines is 1. The van der Waals surface area contributed by atoms with Crippen LogP contribution in [-0.2, 0) is 17.6 Å². The van der Waals surface area contributed by atoms with Crippen molar-refractivity contribution < 1.29 is 4.79 Å². The molecule has 0 radical (unpaired) electrons. The Morgan fingerprint density at radius 2 is 2.00 bits per heavy atom. The Hall–Kier alpha value is -1.75. The van der Waals surface area contributed by atoms with Crippen LogP contribution in [-0.4, -0.2) is 16.1 Å². The van der Waals surface area contributed by atoms with E-state index in [9.17, 15) is 4.79 Å². The lowest BCUT2D eigenvalue weighted by molar-refractivity contribution is -0.115. The average molecular weight is 275 g/mol. The third-order valence-electron chi connectivity index (χ3n) is 2.73. The van der Waals surface area contributed by atoms with Gasteiger partial charge in [-0.2, -0.15) is 0 Å². The zero-order chi connectivity index (χ0) is 13.5. The number of aryl methyl sites for hydroxylation is 2. The lowest BCUT2D eigenvalue weighted by atomic mass is 10.1. The molecule has 0 unspecified atom stereocenters. The number of rotatable bonds is 6. The van der Waals surface area contributed by atoms with Gasteiger partial charge < -0.3 is 5.32 Å². The van der Waals surface area contributed by atoms with Crippen LogP contribution in [0.25, 0.3) is 0 Å². The lowest BCUT2D eigenvalue weighted by Crippen LogP contribution is -2.08. The Labute approximate surface area is 116 Å². The number of nitrogens with one attached hydrogen (secondary N) is 1. The van der Waals surface area contributed by atoms with Crippen LogP contribution in [0.1, 0.15) is 30.3 Å². The Morgan fingerprint density at radius 3 is 2.74 bits per heavy atom. The Balaban J connectivity index is 1.79. The molecule has 1 aromatic heterocycles. The Kier molecular flexibility index (Phi) is 5.03. The van der Waals surface area contributed by atoms with Crippen LogP contribution >= 0.6 is 11.3 Å². The SMILES string of the molecule is CCC(=O)Nc1nnc(CCCc2ccccc2)s1. The van der Waals surface area contributed by atoms with E-state index >= 15 is 0 Å². The van der Waals surface area contributed by atoms with E-state index in [1.807, 2.05) is 13.0 Å². The van der Waals surface area contributed by atoms with Crippen molar-refractivity contribution in [3.05, 3.63) is 40.9 Å². The fourth-order valence-electron chi connectivity index (χ4n) is 1.70. The minimum absolute atomic E-state index is 0.0213. The second-order valence-corrected chi connectivity index (χ2v) is 5.30. The van der Waals surface area contributed by atoms with Crippen LogP contribution < -0.4 is 5.32 Å². The van der Waals surface area contributed by atoms with Crippen LogP contribution in [0.2, 0.25) is 0 Å². The summed E-state index contributed by atoms with van der Waals surface area (Å²) in [6.45, 7) is 1.82. The fourth-order valence-corrected chi connectivity index (χ4v) is 2.50. The van der Waals surface area contributed by atoms with Gasteiger partial charge in [0.25, 0.3) is 0 Å². The molecule has 0 saturated carbocycles. The topological polar surface area (TPSA) is 54.9 Å². The number of hydrogen-bond acceptors (Lipinski definition) is 4. The van der Waals surface area contributed by atoms with Crippen molar-refractivity contribution in [2.45, 2.75) is 32.6 Å². The zero-order valence-corrected chi connectivity index (χ0v) is 11.7. The maximum Gasteiger partial charge on any atom is 0.225 e. The number of benzene rings is 1. The molecule has 1 amide bonds. The molecule has 2 aromatic rings. The van der Waals surface area contributed by atoms with Gasteiger partial charge in [0.15, 0.2) is 0 Å². The molecule has 1 aromatic carbocycles. The maximum atomic E-state index is 11.2. The molecule has 2 rings (SSSR count). The molecular weight excluding hydrogens is 258 g/mol. The number of carbonyl (C=O) groups excluding carboxylic acids is 1. The van der Waals surface area contributed by atoms with E-state index in [1.165, 1.54) is 16.9 Å². The largest absolute Gasteiger partial charge is 0.301 e. The first kappa shape index (κ1) is 13.7. The van der Waals surface area contributed by atoms with Gasteiger partial charge in [-0.15, -0.1) is 10.2 Å². The summed E-state index contributed by atoms with van der Waals surface area (Å²) in [7, 11) is 0. The van der Waals surface area contributed by atoms with E-state index in [0.29, 0.717) is 11.6 Å². The van der Waals surface area contributed by atoms with Crippen molar-refractivity contribution in [2.75, 3.05) is 5.32 Å². The highest BCUT2D eigenvalue weighted by molar-refractivity contribution is 7.15. The van der Waals surface area contributed by atoms with Crippen LogP contribution in [0.3, 0.4) is 0 Å². The standard InChI is InChI=1S/C14H17N3OS/c1-2-12(18)15-14-17-16-13(19-14)10-6-9-11-7-4-3-5-8-11/h3-5,7-8H,2,6,9-10H2,1H3,(H,15,17,18). The van der Waals surface area contributed by atoms with Crippen LogP contribution in [0.5, 0.6) is 0 Å². The quantitative estimate of drug-likeness (QED) is 0.881. The highest BCUT2D eigenvalue weighted by atomic mass is 32.1. The predicted octanol–water partition coefficient (Wildman–Crippen LogP) is 3.06. The Bertz CT molecular complexity index is 524. The van der Waals surface area contributed by atoms with E-state index in [-0.39, 0.29) is 5.91 Å². The molecule has 0 atom stereocenters. The smallest absolute Gasteiger partial charge is 0.225 e. The molecule has 5 heteroatoms. The summed E-state index contributed by atoms with van der Waals surface area (Å²) in [5.74, 6) is -0.0213. The van der Waals surface area contributed by atoms with E-state index in [1.54, 1.807) is 0 Å². The summed E-state index contributed by atoms with van der Waals surface area (Å²) in [4.78, 5) is 11.2. The van der Waals surface area contributed by atoms with E-state index in [2.05, 4.69) is 39.8 Å². The molecule has 1 heterocycles. The Morgan fingerprint density at radius 1 is 1.21 bits per heavy atom. The molecular formula is C14H17N3OS. The van der Waals surface area contributed by atoms with Gasteiger partial charge in [-0.1, -0.05) is 48.6 Å². The maximum absolute atomic E-state index is 11.2. The third-order valence-corrected chi connectivity index (χ3v) is 3.63. The number of amides is 1. The van der Waals surface area contributed by atoms with E-state index in [4.69, 9.17) is 0 Å². The molecule has 0 bridgehead atoms. The van der Waals surface area contributed by atoms with Crippen LogP contribution in [0.15, 0.2) is 30.3 Å². The second-order valence-electron chi connectivity index (χ2n) is 4.24. The van der Waals surface area contributed by atoms with Gasteiger partial charge in [-0.25, -0.2) is 0 Å². The van der Waals surface area contributed by atoms with Gasteiger partial charge >= 0.3 is 0 Å². The van der Waals surface area contributed by atoms with Gasteiger partial charge in [-0.05, 0) is 18.4 Å². The fraction of sp³-hybridized carbons (Fsp3) is 0.357. The van der Waals surface area contributed by atoms with Gasteiger partial charge in [0, 0.05) is 12.8 Å². The summed E-state index contributed by atoms with van der Waals surface area (Å²) in [6.07, 6.45) is 3.44. The highest BCUT2D eigenvalue weighted by Crippen LogP contribution is 2.17. The first-order valence-corrected chi connectivity index (χ1v) is 7.25. The zero-order valence-electron chi connectivity index (χ0n) is 10.9. The van der Waals surface area contributed by atoms with Crippen molar-refractivity contribution in [1.82, 2.24) is 10.2 Å². The van der Waals surface area contributed by atoms with Gasteiger partial charge in [0.1, 0.15) is 5.01 Å². The van der Waals surface area contributed by atoms with Crippen LogP contribution in [0.4, 0.5) is 5.13 Å². The molecule has 100 valence electrons. The summed E-state index contributed by atoms with van der Waals surface area (Å²) >= 11 is 1.46. The number of nitrogens with zero attached hydrogens (tertiary/aromatic N) is 2. The molecule has 0 aliphatic rings. The molecule has 0 fully saturated rings. The van der Waals surface area contributed by atoms with E-state index in [0.717, 1.165) is 24.3 Å². The summed E-state index contributed by atoms with van der Waals surface area (Å²) < 4.78 is 0. The summed E-state index contributed by atoms with van der Waals surface area (Å²) in [5, 5.41) is 12.4. The minimum Gasteiger partial charge on any atom is -0.301 e. The first-order chi connectivity index (χ1) is 9.28. The van der Waals surface area contributed by atoms with E-state index < -0.39 is 0 Å². The number of aromatic nitrogens is 2. The summed E-state index contributed by atoms with van der Waals surface area (Å²) in [5.41, 5.74) is 1.34. The second kappa shape index (κ2) is 6.99. The number of carbonyl (C=O) groups is 1. The molecule has 4 nitrogen and oxygen atoms in total. The highest BCUT2D eigenvalue weighted by Gasteiger charge is 2.06. The first-order valence-electron chi connectivity index (χ1n) is 6.44. The molecule has 0 aliphatic carbocycles. The molecule has 0 spiro atoms. The van der Waals surface area contributed by atoms with Gasteiger partial charge in [-0.3, -0.25) is 4.79 Å². The normalized spacial score (nSPS) is 10.4. The van der Waals surface area contributed by atoms with Crippen molar-refractivity contribution in [1.29, 1.82) is 0 Å². The summed E-state index contributed by atoms with van der Waals surface area (Å²) in [6, 6.07) is 10.4. The molecule has 1 N–H and O–H groups in total. The number of hydrogen-bond donors (Lipinski definition) is 1. The van der Waals surface area contributed by atoms with Gasteiger partial charge in [0.2, 0.25) is 11.0 Å². The lowest BCUT2D eigenvalue weighted by Gasteiger charge is -1.98. The molecule has 0 saturated heterocycles. The molecule has 0 aliphatic heterocycles. The van der Waals surface area contributed by atoms with Crippen molar-refractivity contribution in [2.24, 2.45) is 0 Å². The van der Waals surface area contributed by atoms with Crippen molar-refractivity contribution in [3.63, 3.8) is 0 Å². The van der Waals surface area contributed by atoms with Crippen LogP contribution in [0, 0.1) is 0 Å². The van der Waals surface area contributed by atoms with Gasteiger partial charge in [0.05, 0.1) is 0 Å². The third kappa shape index (κ3) is 4.44. The average Bonchev–Trinajstić information content (AvgIpc) is 2.87. The molecule has 19 heavy (non-hydrogen) atoms. The predicted molar refractivity (Wildman–Crippen MR) is 77.3 cm³/mol. The van der Waals surface area contributed by atoms with Crippen molar-refractivity contribution in [3.8, 4) is 0 Å². The van der Waals surface area contributed by atoms with Crippen molar-refractivity contribution >= 4 is 22.4 Å².